The maximum Gasteiger partial charge on any atom is 0.0497 e. The fourth-order valence-electron chi connectivity index (χ4n) is 4.12. The molecule has 0 radical (unpaired) electrons. The lowest BCUT2D eigenvalue weighted by Crippen LogP contribution is -2.15. The third-order valence-corrected chi connectivity index (χ3v) is 5.61. The molecule has 0 amide bonds. The van der Waals surface area contributed by atoms with E-state index < -0.39 is 0 Å². The molecule has 1 N–H and O–H groups in total. The molecular formula is C25H28N2. The van der Waals surface area contributed by atoms with E-state index in [-0.39, 0.29) is 0 Å². The minimum absolute atomic E-state index is 0.909. The molecule has 0 aliphatic heterocycles. The number of rotatable bonds is 7. The summed E-state index contributed by atoms with van der Waals surface area (Å²) in [4.78, 5) is 0. The van der Waals surface area contributed by atoms with Crippen LogP contribution in [0.4, 0.5) is 0 Å². The quantitative estimate of drug-likeness (QED) is 0.462. The van der Waals surface area contributed by atoms with Crippen molar-refractivity contribution in [3.63, 3.8) is 0 Å². The van der Waals surface area contributed by atoms with E-state index in [0.717, 1.165) is 37.8 Å². The lowest BCUT2D eigenvalue weighted by Gasteiger charge is -2.10. The van der Waals surface area contributed by atoms with Gasteiger partial charge in [-0.05, 0) is 55.8 Å². The Labute approximate surface area is 161 Å². The van der Waals surface area contributed by atoms with Crippen LogP contribution in [0.2, 0.25) is 0 Å². The fraction of sp³-hybridized carbons (Fsp3) is 0.280. The Bertz CT molecular complexity index is 1100. The number of nitrogens with zero attached hydrogens (tertiary/aromatic N) is 1. The van der Waals surface area contributed by atoms with Crippen molar-refractivity contribution in [1.82, 2.24) is 9.88 Å². The molecule has 27 heavy (non-hydrogen) atoms. The van der Waals surface area contributed by atoms with Crippen LogP contribution in [0, 0.1) is 6.92 Å². The maximum absolute atomic E-state index is 4.31. The van der Waals surface area contributed by atoms with Crippen molar-refractivity contribution in [1.29, 1.82) is 0 Å². The Kier molecular flexibility index (Phi) is 5.00. The molecule has 0 saturated heterocycles. The monoisotopic (exact) mass is 356 g/mol. The first-order chi connectivity index (χ1) is 13.2. The van der Waals surface area contributed by atoms with E-state index in [1.54, 1.807) is 0 Å². The predicted molar refractivity (Wildman–Crippen MR) is 117 cm³/mol. The lowest BCUT2D eigenvalue weighted by atomic mass is 10.0. The minimum atomic E-state index is 0.909. The van der Waals surface area contributed by atoms with Crippen LogP contribution in [0.15, 0.2) is 54.6 Å². The van der Waals surface area contributed by atoms with Crippen LogP contribution in [0.25, 0.3) is 28.3 Å². The van der Waals surface area contributed by atoms with E-state index in [2.05, 4.69) is 84.9 Å². The van der Waals surface area contributed by atoms with E-state index in [1.165, 1.54) is 38.4 Å². The molecule has 4 rings (SSSR count). The number of benzene rings is 3. The Hall–Kier alpha value is -2.58. The highest BCUT2D eigenvalue weighted by atomic mass is 15.0. The van der Waals surface area contributed by atoms with E-state index >= 15 is 0 Å². The van der Waals surface area contributed by atoms with Crippen LogP contribution >= 0.6 is 0 Å². The summed E-state index contributed by atoms with van der Waals surface area (Å²) in [5.74, 6) is 0. The number of aryl methyl sites for hydroxylation is 3. The highest BCUT2D eigenvalue weighted by Crippen LogP contribution is 2.28. The van der Waals surface area contributed by atoms with Crippen molar-refractivity contribution in [2.45, 2.75) is 39.8 Å². The van der Waals surface area contributed by atoms with Crippen LogP contribution in [-0.4, -0.2) is 11.1 Å². The van der Waals surface area contributed by atoms with Crippen LogP contribution in [0.1, 0.15) is 30.0 Å². The number of hydrogen-bond donors (Lipinski definition) is 1. The summed E-state index contributed by atoms with van der Waals surface area (Å²) >= 11 is 0. The highest BCUT2D eigenvalue weighted by molar-refractivity contribution is 6.11. The van der Waals surface area contributed by atoms with Crippen LogP contribution in [-0.2, 0) is 19.5 Å². The van der Waals surface area contributed by atoms with Crippen LogP contribution < -0.4 is 10.7 Å². The van der Waals surface area contributed by atoms with Gasteiger partial charge in [-0.3, -0.25) is 0 Å². The zero-order chi connectivity index (χ0) is 18.8. The zero-order valence-electron chi connectivity index (χ0n) is 16.4. The number of hydrogen-bond acceptors (Lipinski definition) is 1. The average molecular weight is 357 g/mol. The topological polar surface area (TPSA) is 17.0 Å². The normalized spacial score (nSPS) is 11.6. The molecule has 138 valence electrons. The SMILES string of the molecule is C=c1c2cccc3c(CNCCCc4ccc(C)cc4)ccc(c32)n1CC. The standard InChI is InChI=1S/C25H28N2/c1-4-27-19(3)22-8-5-9-23-21(14-15-24(27)25(22)23)17-26-16-6-7-20-12-10-18(2)11-13-20/h5,8-15,26H,3-4,6-7,16-17H2,1-2H3. The molecule has 0 aliphatic carbocycles. The van der Waals surface area contributed by atoms with Gasteiger partial charge in [0.05, 0.1) is 0 Å². The molecule has 1 aromatic heterocycles. The van der Waals surface area contributed by atoms with Gasteiger partial charge >= 0.3 is 0 Å². The van der Waals surface area contributed by atoms with Gasteiger partial charge in [0.25, 0.3) is 0 Å². The van der Waals surface area contributed by atoms with Gasteiger partial charge in [0, 0.05) is 34.7 Å². The average Bonchev–Trinajstić information content (AvgIpc) is 2.97. The van der Waals surface area contributed by atoms with Gasteiger partial charge in [-0.1, -0.05) is 60.7 Å². The van der Waals surface area contributed by atoms with Gasteiger partial charge in [0.2, 0.25) is 0 Å². The summed E-state index contributed by atoms with van der Waals surface area (Å²) in [5, 5.41) is 8.76. The van der Waals surface area contributed by atoms with Gasteiger partial charge in [-0.15, -0.1) is 0 Å². The van der Waals surface area contributed by atoms with E-state index in [0.29, 0.717) is 0 Å². The molecule has 0 aliphatic rings. The molecule has 0 atom stereocenters. The number of nitrogens with one attached hydrogen (secondary N) is 1. The number of aromatic nitrogens is 1. The first kappa shape index (κ1) is 17.8. The molecule has 1 heterocycles. The third-order valence-electron chi connectivity index (χ3n) is 5.61. The summed E-state index contributed by atoms with van der Waals surface area (Å²) in [5.41, 5.74) is 5.42. The third kappa shape index (κ3) is 3.38. The Balaban J connectivity index is 1.46. The molecule has 0 spiro atoms. The summed E-state index contributed by atoms with van der Waals surface area (Å²) in [6, 6.07) is 20.0. The van der Waals surface area contributed by atoms with E-state index in [1.807, 2.05) is 0 Å². The molecular weight excluding hydrogens is 328 g/mol. The van der Waals surface area contributed by atoms with Crippen molar-refractivity contribution in [2.24, 2.45) is 0 Å². The Morgan fingerprint density at radius 1 is 0.963 bits per heavy atom. The molecule has 4 aromatic rings. The predicted octanol–water partition coefficient (Wildman–Crippen LogP) is 4.97. The van der Waals surface area contributed by atoms with Gasteiger partial charge in [-0.25, -0.2) is 0 Å². The molecule has 0 saturated carbocycles. The zero-order valence-corrected chi connectivity index (χ0v) is 16.4. The second-order valence-corrected chi connectivity index (χ2v) is 7.43. The molecule has 0 unspecified atom stereocenters. The highest BCUT2D eigenvalue weighted by Gasteiger charge is 2.12. The van der Waals surface area contributed by atoms with Crippen molar-refractivity contribution >= 4 is 28.3 Å². The van der Waals surface area contributed by atoms with Gasteiger partial charge < -0.3 is 9.88 Å². The Morgan fingerprint density at radius 2 is 1.74 bits per heavy atom. The second-order valence-electron chi connectivity index (χ2n) is 7.43. The lowest BCUT2D eigenvalue weighted by molar-refractivity contribution is 0.651. The van der Waals surface area contributed by atoms with Gasteiger partial charge in [0.1, 0.15) is 0 Å². The molecule has 0 fully saturated rings. The van der Waals surface area contributed by atoms with Gasteiger partial charge in [-0.2, -0.15) is 0 Å². The summed E-state index contributed by atoms with van der Waals surface area (Å²) in [6.45, 7) is 11.5. The van der Waals surface area contributed by atoms with Crippen LogP contribution in [0.3, 0.4) is 0 Å². The van der Waals surface area contributed by atoms with E-state index in [9.17, 15) is 0 Å². The largest absolute Gasteiger partial charge is 0.341 e. The Morgan fingerprint density at radius 3 is 2.52 bits per heavy atom. The summed E-state index contributed by atoms with van der Waals surface area (Å²) < 4.78 is 2.32. The summed E-state index contributed by atoms with van der Waals surface area (Å²) in [7, 11) is 0. The first-order valence-electron chi connectivity index (χ1n) is 9.96. The van der Waals surface area contributed by atoms with Crippen molar-refractivity contribution in [3.05, 3.63) is 76.6 Å². The van der Waals surface area contributed by atoms with Crippen molar-refractivity contribution < 1.29 is 0 Å². The molecule has 2 nitrogen and oxygen atoms in total. The molecule has 0 bridgehead atoms. The first-order valence-corrected chi connectivity index (χ1v) is 9.96. The van der Waals surface area contributed by atoms with Crippen molar-refractivity contribution in [3.8, 4) is 0 Å². The second kappa shape index (κ2) is 7.58. The van der Waals surface area contributed by atoms with E-state index in [4.69, 9.17) is 0 Å². The molecule has 3 aromatic carbocycles. The molecule has 2 heteroatoms. The van der Waals surface area contributed by atoms with Gasteiger partial charge in [0.15, 0.2) is 0 Å². The maximum atomic E-state index is 4.31. The minimum Gasteiger partial charge on any atom is -0.341 e. The van der Waals surface area contributed by atoms with Crippen molar-refractivity contribution in [2.75, 3.05) is 6.54 Å². The van der Waals surface area contributed by atoms with Crippen LogP contribution in [0.5, 0.6) is 0 Å². The summed E-state index contributed by atoms with van der Waals surface area (Å²) in [6.07, 6.45) is 2.28. The smallest absolute Gasteiger partial charge is 0.0497 e. The fourth-order valence-corrected chi connectivity index (χ4v) is 4.12.